The van der Waals surface area contributed by atoms with Gasteiger partial charge in [0.2, 0.25) is 0 Å². The molecule has 2 atom stereocenters. The molecule has 6 heteroatoms. The number of likely N-dealkylation sites (N-methyl/N-ethyl adjacent to an activating group) is 1. The zero-order valence-electron chi connectivity index (χ0n) is 14.3. The quantitative estimate of drug-likeness (QED) is 0.835. The Labute approximate surface area is 142 Å². The van der Waals surface area contributed by atoms with E-state index in [2.05, 4.69) is 5.32 Å². The normalized spacial score (nSPS) is 23.5. The van der Waals surface area contributed by atoms with Crippen molar-refractivity contribution in [3.05, 3.63) is 35.9 Å². The summed E-state index contributed by atoms with van der Waals surface area (Å²) in [5.74, 6) is -1.10. The molecule has 0 saturated carbocycles. The molecule has 1 fully saturated rings. The summed E-state index contributed by atoms with van der Waals surface area (Å²) < 4.78 is 5.41. The van der Waals surface area contributed by atoms with Crippen molar-refractivity contribution in [2.24, 2.45) is 5.92 Å². The van der Waals surface area contributed by atoms with E-state index in [1.165, 1.54) is 4.90 Å². The van der Waals surface area contributed by atoms with Gasteiger partial charge in [0.25, 0.3) is 0 Å². The number of carboxylic acid groups (broad SMARTS) is 1. The molecular weight excluding hydrogens is 308 g/mol. The Bertz CT molecular complexity index is 563. The van der Waals surface area contributed by atoms with E-state index in [0.717, 1.165) is 5.56 Å². The number of ether oxygens (including phenoxy) is 1. The van der Waals surface area contributed by atoms with Crippen LogP contribution in [0.1, 0.15) is 32.3 Å². The minimum Gasteiger partial charge on any atom is -0.479 e. The molecule has 1 aromatic carbocycles. The fourth-order valence-corrected chi connectivity index (χ4v) is 3.53. The molecule has 24 heavy (non-hydrogen) atoms. The number of hydrogen-bond acceptors (Lipinski definition) is 4. The fraction of sp³-hybridized carbons (Fsp3) is 0.556. The van der Waals surface area contributed by atoms with E-state index < -0.39 is 17.6 Å². The summed E-state index contributed by atoms with van der Waals surface area (Å²) in [7, 11) is 0. The maximum Gasteiger partial charge on any atom is 0.411 e. The molecule has 132 valence electrons. The average molecular weight is 334 g/mol. The first-order valence-corrected chi connectivity index (χ1v) is 8.48. The highest BCUT2D eigenvalue weighted by molar-refractivity contribution is 5.85. The molecule has 1 aromatic rings. The van der Waals surface area contributed by atoms with Gasteiger partial charge >= 0.3 is 12.1 Å². The molecule has 1 saturated heterocycles. The minimum atomic E-state index is -1.21. The summed E-state index contributed by atoms with van der Waals surface area (Å²) in [4.78, 5) is 26.2. The van der Waals surface area contributed by atoms with E-state index in [9.17, 15) is 14.7 Å². The van der Waals surface area contributed by atoms with Gasteiger partial charge < -0.3 is 15.2 Å². The molecular formula is C18H26N2O4. The number of carbonyl (C=O) groups excluding carboxylic acids is 1. The van der Waals surface area contributed by atoms with Gasteiger partial charge in [-0.15, -0.1) is 0 Å². The molecule has 6 nitrogen and oxygen atoms in total. The van der Waals surface area contributed by atoms with Crippen LogP contribution in [0.15, 0.2) is 30.3 Å². The van der Waals surface area contributed by atoms with Crippen molar-refractivity contribution in [1.29, 1.82) is 0 Å². The number of nitrogens with one attached hydrogen (secondary N) is 1. The Hall–Kier alpha value is -2.08. The standard InChI is InChI=1S/C18H26N2O4/c1-3-15-12-19-11-10-18(15,16(21)22)20(4-2)17(23)24-13-14-8-6-5-7-9-14/h5-9,15,19H,3-4,10-13H2,1-2H3,(H,21,22). The Morgan fingerprint density at radius 3 is 2.62 bits per heavy atom. The second-order valence-corrected chi connectivity index (χ2v) is 6.07. The van der Waals surface area contributed by atoms with E-state index in [1.54, 1.807) is 6.92 Å². The highest BCUT2D eigenvalue weighted by Crippen LogP contribution is 2.34. The third-order valence-corrected chi connectivity index (χ3v) is 4.84. The van der Waals surface area contributed by atoms with Gasteiger partial charge in [-0.25, -0.2) is 9.59 Å². The number of rotatable bonds is 6. The lowest BCUT2D eigenvalue weighted by atomic mass is 9.75. The van der Waals surface area contributed by atoms with Crippen molar-refractivity contribution in [3.63, 3.8) is 0 Å². The van der Waals surface area contributed by atoms with Crippen LogP contribution in [0.3, 0.4) is 0 Å². The second-order valence-electron chi connectivity index (χ2n) is 6.07. The van der Waals surface area contributed by atoms with Crippen LogP contribution in [0.4, 0.5) is 4.79 Å². The molecule has 1 aliphatic heterocycles. The van der Waals surface area contributed by atoms with Crippen LogP contribution in [-0.2, 0) is 16.1 Å². The molecule has 0 bridgehead atoms. The number of carboxylic acids is 1. The summed E-state index contributed by atoms with van der Waals surface area (Å²) in [6.07, 6.45) is 0.501. The molecule has 2 rings (SSSR count). The fourth-order valence-electron chi connectivity index (χ4n) is 3.53. The van der Waals surface area contributed by atoms with Gasteiger partial charge in [-0.1, -0.05) is 37.3 Å². The third kappa shape index (κ3) is 3.53. The van der Waals surface area contributed by atoms with Crippen LogP contribution in [-0.4, -0.2) is 47.2 Å². The summed E-state index contributed by atoms with van der Waals surface area (Å²) in [5.41, 5.74) is -0.327. The average Bonchev–Trinajstić information content (AvgIpc) is 2.61. The topological polar surface area (TPSA) is 78.9 Å². The molecule has 2 unspecified atom stereocenters. The van der Waals surface area contributed by atoms with Crippen molar-refractivity contribution in [2.75, 3.05) is 19.6 Å². The van der Waals surface area contributed by atoms with Crippen LogP contribution in [0.25, 0.3) is 0 Å². The smallest absolute Gasteiger partial charge is 0.411 e. The van der Waals surface area contributed by atoms with E-state index in [1.807, 2.05) is 37.3 Å². The van der Waals surface area contributed by atoms with Gasteiger partial charge in [-0.2, -0.15) is 0 Å². The minimum absolute atomic E-state index is 0.140. The lowest BCUT2D eigenvalue weighted by Crippen LogP contribution is -2.66. The SMILES string of the molecule is CCC1CNCCC1(C(=O)O)N(CC)C(=O)OCc1ccccc1. The molecule has 0 aliphatic carbocycles. The van der Waals surface area contributed by atoms with Crippen molar-refractivity contribution in [2.45, 2.75) is 38.8 Å². The van der Waals surface area contributed by atoms with Crippen LogP contribution < -0.4 is 5.32 Å². The predicted octanol–water partition coefficient (Wildman–Crippen LogP) is 2.49. The Morgan fingerprint density at radius 1 is 1.33 bits per heavy atom. The molecule has 2 N–H and O–H groups in total. The number of benzene rings is 1. The second kappa shape index (κ2) is 8.15. The van der Waals surface area contributed by atoms with Crippen molar-refractivity contribution in [3.8, 4) is 0 Å². The molecule has 0 aromatic heterocycles. The first kappa shape index (κ1) is 18.3. The predicted molar refractivity (Wildman–Crippen MR) is 90.6 cm³/mol. The van der Waals surface area contributed by atoms with E-state index in [0.29, 0.717) is 32.5 Å². The van der Waals surface area contributed by atoms with Gasteiger partial charge in [-0.05, 0) is 31.9 Å². The highest BCUT2D eigenvalue weighted by Gasteiger charge is 2.53. The monoisotopic (exact) mass is 334 g/mol. The van der Waals surface area contributed by atoms with E-state index in [4.69, 9.17) is 4.74 Å². The lowest BCUT2D eigenvalue weighted by Gasteiger charge is -2.47. The molecule has 1 amide bonds. The summed E-state index contributed by atoms with van der Waals surface area (Å²) in [6, 6.07) is 9.38. The summed E-state index contributed by atoms with van der Waals surface area (Å²) in [5, 5.41) is 13.2. The largest absolute Gasteiger partial charge is 0.479 e. The molecule has 0 radical (unpaired) electrons. The van der Waals surface area contributed by atoms with Crippen molar-refractivity contribution in [1.82, 2.24) is 10.2 Å². The van der Waals surface area contributed by atoms with E-state index in [-0.39, 0.29) is 12.5 Å². The Kier molecular flexibility index (Phi) is 6.20. The maximum absolute atomic E-state index is 12.6. The molecule has 0 spiro atoms. The number of hydrogen-bond donors (Lipinski definition) is 2. The molecule has 1 aliphatic rings. The number of piperidine rings is 1. The summed E-state index contributed by atoms with van der Waals surface area (Å²) >= 11 is 0. The molecule has 1 heterocycles. The Balaban J connectivity index is 2.19. The van der Waals surface area contributed by atoms with Gasteiger partial charge in [-0.3, -0.25) is 4.90 Å². The van der Waals surface area contributed by atoms with Gasteiger partial charge in [0, 0.05) is 19.0 Å². The first-order valence-electron chi connectivity index (χ1n) is 8.48. The maximum atomic E-state index is 12.6. The van der Waals surface area contributed by atoms with Crippen LogP contribution in [0.2, 0.25) is 0 Å². The number of amides is 1. The number of aliphatic carboxylic acids is 1. The lowest BCUT2D eigenvalue weighted by molar-refractivity contribution is -0.157. The number of nitrogens with zero attached hydrogens (tertiary/aromatic N) is 1. The van der Waals surface area contributed by atoms with Crippen molar-refractivity contribution >= 4 is 12.1 Å². The van der Waals surface area contributed by atoms with Gasteiger partial charge in [0.05, 0.1) is 0 Å². The highest BCUT2D eigenvalue weighted by atomic mass is 16.6. The van der Waals surface area contributed by atoms with Gasteiger partial charge in [0.1, 0.15) is 12.1 Å². The van der Waals surface area contributed by atoms with Gasteiger partial charge in [0.15, 0.2) is 0 Å². The van der Waals surface area contributed by atoms with Crippen LogP contribution in [0.5, 0.6) is 0 Å². The zero-order chi connectivity index (χ0) is 17.6. The van der Waals surface area contributed by atoms with Crippen molar-refractivity contribution < 1.29 is 19.4 Å². The Morgan fingerprint density at radius 2 is 2.04 bits per heavy atom. The van der Waals surface area contributed by atoms with E-state index >= 15 is 0 Å². The first-order chi connectivity index (χ1) is 11.6. The van der Waals surface area contributed by atoms with Crippen LogP contribution in [0, 0.1) is 5.92 Å². The zero-order valence-corrected chi connectivity index (χ0v) is 14.3. The number of carbonyl (C=O) groups is 2. The van der Waals surface area contributed by atoms with Crippen LogP contribution >= 0.6 is 0 Å². The summed E-state index contributed by atoms with van der Waals surface area (Å²) in [6.45, 7) is 5.36. The third-order valence-electron chi connectivity index (χ3n) is 4.84.